The molecule has 0 radical (unpaired) electrons. The number of rotatable bonds is 6. The fraction of sp³-hybridized carbons (Fsp3) is 0.556. The summed E-state index contributed by atoms with van der Waals surface area (Å²) in [5, 5.41) is 12.6. The second-order valence-electron chi connectivity index (χ2n) is 3.21. The number of hydrogen-bond acceptors (Lipinski definition) is 3. The maximum absolute atomic E-state index is 10.4. The van der Waals surface area contributed by atoms with Crippen molar-refractivity contribution >= 4 is 5.97 Å². The Morgan fingerprint density at radius 2 is 2.36 bits per heavy atom. The highest BCUT2D eigenvalue weighted by Crippen LogP contribution is 2.01. The van der Waals surface area contributed by atoms with Crippen molar-refractivity contribution in [1.82, 2.24) is 9.78 Å². The lowest BCUT2D eigenvalue weighted by Gasteiger charge is -2.05. The van der Waals surface area contributed by atoms with Crippen LogP contribution < -0.4 is 5.73 Å². The molecule has 0 spiro atoms. The molecular weight excluding hydrogens is 182 g/mol. The molecule has 1 aromatic heterocycles. The molecule has 1 heterocycles. The van der Waals surface area contributed by atoms with Crippen molar-refractivity contribution in [2.45, 2.75) is 31.8 Å². The number of carboxylic acid groups (broad SMARTS) is 1. The minimum atomic E-state index is -0.927. The third kappa shape index (κ3) is 3.57. The zero-order valence-corrected chi connectivity index (χ0v) is 7.97. The van der Waals surface area contributed by atoms with Gasteiger partial charge in [0.05, 0.1) is 0 Å². The summed E-state index contributed by atoms with van der Waals surface area (Å²) in [6.07, 6.45) is 5.85. The lowest BCUT2D eigenvalue weighted by Crippen LogP contribution is -2.29. The number of unbranched alkanes of at least 4 members (excludes halogenated alkanes) is 1. The molecule has 0 fully saturated rings. The van der Waals surface area contributed by atoms with Crippen LogP contribution in [0.3, 0.4) is 0 Å². The number of carbonyl (C=O) groups is 1. The van der Waals surface area contributed by atoms with E-state index in [4.69, 9.17) is 10.8 Å². The normalized spacial score (nSPS) is 12.6. The van der Waals surface area contributed by atoms with Gasteiger partial charge in [0.1, 0.15) is 6.04 Å². The molecule has 0 saturated carbocycles. The van der Waals surface area contributed by atoms with Crippen LogP contribution in [0.1, 0.15) is 19.3 Å². The van der Waals surface area contributed by atoms with E-state index in [-0.39, 0.29) is 0 Å². The molecule has 0 saturated heterocycles. The van der Waals surface area contributed by atoms with Crippen molar-refractivity contribution in [2.75, 3.05) is 0 Å². The van der Waals surface area contributed by atoms with Crippen LogP contribution in [-0.2, 0) is 11.3 Å². The van der Waals surface area contributed by atoms with Gasteiger partial charge in [-0.2, -0.15) is 5.10 Å². The summed E-state index contributed by atoms with van der Waals surface area (Å²) in [5.41, 5.74) is 5.35. The van der Waals surface area contributed by atoms with Gasteiger partial charge in [-0.05, 0) is 25.3 Å². The lowest BCUT2D eigenvalue weighted by molar-refractivity contribution is -0.138. The Morgan fingerprint density at radius 3 is 2.93 bits per heavy atom. The van der Waals surface area contributed by atoms with E-state index >= 15 is 0 Å². The Balaban J connectivity index is 2.08. The highest BCUT2D eigenvalue weighted by atomic mass is 16.4. The van der Waals surface area contributed by atoms with Crippen LogP contribution in [0, 0.1) is 0 Å². The van der Waals surface area contributed by atoms with Gasteiger partial charge in [0.15, 0.2) is 0 Å². The summed E-state index contributed by atoms with van der Waals surface area (Å²) < 4.78 is 1.83. The molecule has 0 aliphatic carbocycles. The maximum atomic E-state index is 10.4. The van der Waals surface area contributed by atoms with Crippen molar-refractivity contribution in [3.05, 3.63) is 18.5 Å². The number of aryl methyl sites for hydroxylation is 1. The van der Waals surface area contributed by atoms with Crippen LogP contribution in [0.2, 0.25) is 0 Å². The minimum absolute atomic E-state index is 0.524. The van der Waals surface area contributed by atoms with E-state index in [9.17, 15) is 4.79 Å². The molecule has 14 heavy (non-hydrogen) atoms. The zero-order valence-electron chi connectivity index (χ0n) is 7.97. The smallest absolute Gasteiger partial charge is 0.320 e. The Morgan fingerprint density at radius 1 is 1.57 bits per heavy atom. The largest absolute Gasteiger partial charge is 0.480 e. The molecule has 0 aliphatic heterocycles. The van der Waals surface area contributed by atoms with E-state index in [1.54, 1.807) is 6.20 Å². The minimum Gasteiger partial charge on any atom is -0.480 e. The molecule has 1 atom stereocenters. The van der Waals surface area contributed by atoms with E-state index in [2.05, 4.69) is 5.10 Å². The molecular formula is C9H15N3O2. The van der Waals surface area contributed by atoms with E-state index in [0.29, 0.717) is 6.42 Å². The van der Waals surface area contributed by atoms with Gasteiger partial charge in [-0.25, -0.2) is 0 Å². The van der Waals surface area contributed by atoms with Crippen molar-refractivity contribution in [3.63, 3.8) is 0 Å². The van der Waals surface area contributed by atoms with Crippen LogP contribution in [0.15, 0.2) is 18.5 Å². The SMILES string of the molecule is NC(CCCCn1cccn1)C(=O)O. The zero-order chi connectivity index (χ0) is 10.4. The molecule has 3 N–H and O–H groups in total. The first-order valence-electron chi connectivity index (χ1n) is 4.66. The molecule has 0 bridgehead atoms. The molecule has 5 nitrogen and oxygen atoms in total. The molecule has 1 rings (SSSR count). The number of hydrogen-bond donors (Lipinski definition) is 2. The van der Waals surface area contributed by atoms with E-state index in [1.165, 1.54) is 0 Å². The van der Waals surface area contributed by atoms with E-state index in [0.717, 1.165) is 19.4 Å². The highest BCUT2D eigenvalue weighted by molar-refractivity contribution is 5.72. The Labute approximate surface area is 82.5 Å². The first kappa shape index (κ1) is 10.7. The van der Waals surface area contributed by atoms with E-state index in [1.807, 2.05) is 16.9 Å². The van der Waals surface area contributed by atoms with Crippen LogP contribution in [0.25, 0.3) is 0 Å². The second-order valence-corrected chi connectivity index (χ2v) is 3.21. The van der Waals surface area contributed by atoms with Crippen molar-refractivity contribution in [1.29, 1.82) is 0 Å². The van der Waals surface area contributed by atoms with Crippen molar-refractivity contribution < 1.29 is 9.90 Å². The van der Waals surface area contributed by atoms with Gasteiger partial charge in [0, 0.05) is 18.9 Å². The monoisotopic (exact) mass is 197 g/mol. The summed E-state index contributed by atoms with van der Waals surface area (Å²) in [7, 11) is 0. The maximum Gasteiger partial charge on any atom is 0.320 e. The van der Waals surface area contributed by atoms with Gasteiger partial charge in [-0.1, -0.05) is 0 Å². The van der Waals surface area contributed by atoms with Crippen LogP contribution in [0.4, 0.5) is 0 Å². The van der Waals surface area contributed by atoms with Crippen LogP contribution in [-0.4, -0.2) is 26.9 Å². The summed E-state index contributed by atoms with van der Waals surface area (Å²) in [6.45, 7) is 0.819. The summed E-state index contributed by atoms with van der Waals surface area (Å²) >= 11 is 0. The van der Waals surface area contributed by atoms with E-state index < -0.39 is 12.0 Å². The third-order valence-electron chi connectivity index (χ3n) is 2.03. The van der Waals surface area contributed by atoms with Gasteiger partial charge in [-0.15, -0.1) is 0 Å². The summed E-state index contributed by atoms with van der Waals surface area (Å²) in [5.74, 6) is -0.927. The second kappa shape index (κ2) is 5.39. The van der Waals surface area contributed by atoms with Gasteiger partial charge in [0.25, 0.3) is 0 Å². The Kier molecular flexibility index (Phi) is 4.12. The lowest BCUT2D eigenvalue weighted by atomic mass is 10.1. The van der Waals surface area contributed by atoms with Gasteiger partial charge in [-0.3, -0.25) is 9.48 Å². The van der Waals surface area contributed by atoms with Gasteiger partial charge >= 0.3 is 5.97 Å². The number of nitrogens with two attached hydrogens (primary N) is 1. The average molecular weight is 197 g/mol. The van der Waals surface area contributed by atoms with Crippen LogP contribution in [0.5, 0.6) is 0 Å². The number of aliphatic carboxylic acids is 1. The predicted molar refractivity (Wildman–Crippen MR) is 51.7 cm³/mol. The Bertz CT molecular complexity index is 272. The molecule has 5 heteroatoms. The first-order chi connectivity index (χ1) is 6.70. The topological polar surface area (TPSA) is 81.1 Å². The molecule has 0 aliphatic rings. The predicted octanol–water partition coefficient (Wildman–Crippen LogP) is 0.465. The molecule has 0 amide bonds. The summed E-state index contributed by atoms with van der Waals surface area (Å²) in [6, 6.07) is 1.14. The van der Waals surface area contributed by atoms with Gasteiger partial charge in [0.2, 0.25) is 0 Å². The fourth-order valence-electron chi connectivity index (χ4n) is 1.19. The Hall–Kier alpha value is -1.36. The third-order valence-corrected chi connectivity index (χ3v) is 2.03. The summed E-state index contributed by atoms with van der Waals surface area (Å²) in [4.78, 5) is 10.4. The quantitative estimate of drug-likeness (QED) is 0.649. The molecule has 1 aromatic rings. The van der Waals surface area contributed by atoms with Crippen LogP contribution >= 0.6 is 0 Å². The first-order valence-corrected chi connectivity index (χ1v) is 4.66. The number of carboxylic acids is 1. The van der Waals surface area contributed by atoms with Gasteiger partial charge < -0.3 is 10.8 Å². The molecule has 0 aromatic carbocycles. The molecule has 1 unspecified atom stereocenters. The number of nitrogens with zero attached hydrogens (tertiary/aromatic N) is 2. The van der Waals surface area contributed by atoms with Crippen molar-refractivity contribution in [3.8, 4) is 0 Å². The average Bonchev–Trinajstić information content (AvgIpc) is 2.64. The molecule has 78 valence electrons. The highest BCUT2D eigenvalue weighted by Gasteiger charge is 2.09. The van der Waals surface area contributed by atoms with Crippen molar-refractivity contribution in [2.24, 2.45) is 5.73 Å². The number of aromatic nitrogens is 2. The fourth-order valence-corrected chi connectivity index (χ4v) is 1.19. The standard InChI is InChI=1S/C9H15N3O2/c10-8(9(13)14)4-1-2-6-12-7-3-5-11-12/h3,5,7-8H,1-2,4,6,10H2,(H,13,14).